The fraction of sp³-hybridized carbons (Fsp3) is 0.733. The number of rotatable bonds is 3. The second-order valence-electron chi connectivity index (χ2n) is 6.16. The second kappa shape index (κ2) is 5.11. The predicted molar refractivity (Wildman–Crippen MR) is 77.2 cm³/mol. The van der Waals surface area contributed by atoms with Crippen LogP contribution in [0.4, 0.5) is 5.82 Å². The van der Waals surface area contributed by atoms with Gasteiger partial charge < -0.3 is 10.0 Å². The van der Waals surface area contributed by atoms with Gasteiger partial charge in [0.2, 0.25) is 0 Å². The number of aryl methyl sites for hydroxylation is 2. The molecule has 3 rings (SSSR count). The maximum absolute atomic E-state index is 11.6. The Hall–Kier alpha value is -1.52. The summed E-state index contributed by atoms with van der Waals surface area (Å²) in [5.41, 5.74) is 1.00. The largest absolute Gasteiger partial charge is 0.477 e. The number of hydrogen-bond donors (Lipinski definition) is 1. The Morgan fingerprint density at radius 2 is 1.95 bits per heavy atom. The molecule has 1 aromatic heterocycles. The highest BCUT2D eigenvalue weighted by atomic mass is 16.4. The third kappa shape index (κ3) is 2.09. The third-order valence-corrected chi connectivity index (χ3v) is 4.92. The smallest absolute Gasteiger partial charge is 0.341 e. The minimum atomic E-state index is -0.859. The Morgan fingerprint density at radius 1 is 1.25 bits per heavy atom. The molecule has 110 valence electrons. The average Bonchev–Trinajstić information content (AvgIpc) is 3.06. The highest BCUT2D eigenvalue weighted by Crippen LogP contribution is 2.39. The summed E-state index contributed by atoms with van der Waals surface area (Å²) in [5, 5.41) is 13.8. The lowest BCUT2D eigenvalue weighted by atomic mass is 9.96. The molecule has 1 unspecified atom stereocenters. The topological polar surface area (TPSA) is 58.4 Å². The van der Waals surface area contributed by atoms with Crippen molar-refractivity contribution in [1.82, 2.24) is 9.78 Å². The number of nitrogens with zero attached hydrogens (tertiary/aromatic N) is 3. The molecular weight excluding hydrogens is 254 g/mol. The van der Waals surface area contributed by atoms with Crippen molar-refractivity contribution in [3.63, 3.8) is 0 Å². The summed E-state index contributed by atoms with van der Waals surface area (Å²) >= 11 is 0. The van der Waals surface area contributed by atoms with Gasteiger partial charge in [0, 0.05) is 19.6 Å². The molecule has 0 aromatic carbocycles. The zero-order valence-corrected chi connectivity index (χ0v) is 12.3. The lowest BCUT2D eigenvalue weighted by Gasteiger charge is -2.31. The molecule has 0 amide bonds. The summed E-state index contributed by atoms with van der Waals surface area (Å²) < 4.78 is 1.76. The van der Waals surface area contributed by atoms with E-state index in [1.54, 1.807) is 11.6 Å². The van der Waals surface area contributed by atoms with E-state index >= 15 is 0 Å². The Balaban J connectivity index is 1.97. The van der Waals surface area contributed by atoms with E-state index in [0.29, 0.717) is 17.3 Å². The zero-order chi connectivity index (χ0) is 14.3. The van der Waals surface area contributed by atoms with Crippen molar-refractivity contribution in [2.45, 2.75) is 51.5 Å². The van der Waals surface area contributed by atoms with E-state index in [0.717, 1.165) is 24.7 Å². The van der Waals surface area contributed by atoms with Gasteiger partial charge in [-0.15, -0.1) is 0 Å². The molecule has 0 bridgehead atoms. The number of hydrogen-bond acceptors (Lipinski definition) is 3. The van der Waals surface area contributed by atoms with Crippen molar-refractivity contribution in [1.29, 1.82) is 0 Å². The van der Waals surface area contributed by atoms with Gasteiger partial charge in [0.1, 0.15) is 11.4 Å². The van der Waals surface area contributed by atoms with Gasteiger partial charge in [0.15, 0.2) is 0 Å². The lowest BCUT2D eigenvalue weighted by molar-refractivity contribution is 0.0696. The first-order valence-electron chi connectivity index (χ1n) is 7.63. The molecule has 1 aliphatic heterocycles. The third-order valence-electron chi connectivity index (χ3n) is 4.92. The second-order valence-corrected chi connectivity index (χ2v) is 6.16. The SMILES string of the molecule is Cc1nn(C)c(N2CCCC2C2CCCC2)c1C(=O)O. The van der Waals surface area contributed by atoms with E-state index in [4.69, 9.17) is 0 Å². The van der Waals surface area contributed by atoms with Gasteiger partial charge in [-0.1, -0.05) is 12.8 Å². The van der Waals surface area contributed by atoms with Crippen LogP contribution in [0.3, 0.4) is 0 Å². The van der Waals surface area contributed by atoms with Gasteiger partial charge in [-0.3, -0.25) is 4.68 Å². The summed E-state index contributed by atoms with van der Waals surface area (Å²) in [4.78, 5) is 13.9. The van der Waals surface area contributed by atoms with Crippen LogP contribution in [0.15, 0.2) is 0 Å². The molecule has 2 heterocycles. The summed E-state index contributed by atoms with van der Waals surface area (Å²) in [6, 6.07) is 0.505. The maximum atomic E-state index is 11.6. The Morgan fingerprint density at radius 3 is 2.60 bits per heavy atom. The molecule has 20 heavy (non-hydrogen) atoms. The fourth-order valence-corrected chi connectivity index (χ4v) is 4.11. The first-order valence-corrected chi connectivity index (χ1v) is 7.63. The van der Waals surface area contributed by atoms with E-state index in [1.807, 2.05) is 7.05 Å². The van der Waals surface area contributed by atoms with Gasteiger partial charge in [-0.2, -0.15) is 5.10 Å². The summed E-state index contributed by atoms with van der Waals surface area (Å²) in [6.45, 7) is 2.74. The van der Waals surface area contributed by atoms with E-state index in [9.17, 15) is 9.90 Å². The summed E-state index contributed by atoms with van der Waals surface area (Å²) in [7, 11) is 1.86. The molecule has 1 aliphatic carbocycles. The first kappa shape index (κ1) is 13.5. The molecule has 1 atom stereocenters. The Labute approximate surface area is 119 Å². The van der Waals surface area contributed by atoms with Gasteiger partial charge >= 0.3 is 5.97 Å². The minimum absolute atomic E-state index is 0.386. The van der Waals surface area contributed by atoms with Crippen molar-refractivity contribution in [2.75, 3.05) is 11.4 Å². The normalized spacial score (nSPS) is 23.7. The van der Waals surface area contributed by atoms with Crippen molar-refractivity contribution in [2.24, 2.45) is 13.0 Å². The van der Waals surface area contributed by atoms with Gasteiger partial charge in [-0.05, 0) is 38.5 Å². The van der Waals surface area contributed by atoms with Crippen LogP contribution in [0.25, 0.3) is 0 Å². The van der Waals surface area contributed by atoms with Gasteiger partial charge in [0.25, 0.3) is 0 Å². The van der Waals surface area contributed by atoms with Crippen LogP contribution in [0.5, 0.6) is 0 Å². The summed E-state index contributed by atoms with van der Waals surface area (Å²) in [5.74, 6) is 0.682. The van der Waals surface area contributed by atoms with Crippen LogP contribution >= 0.6 is 0 Å². The van der Waals surface area contributed by atoms with Crippen LogP contribution in [-0.2, 0) is 7.05 Å². The number of carboxylic acids is 1. The number of aromatic carboxylic acids is 1. The van der Waals surface area contributed by atoms with Gasteiger partial charge in [0.05, 0.1) is 5.69 Å². The molecule has 0 radical (unpaired) electrons. The Kier molecular flexibility index (Phi) is 3.44. The van der Waals surface area contributed by atoms with Crippen LogP contribution < -0.4 is 4.90 Å². The van der Waals surface area contributed by atoms with Crippen LogP contribution in [0.1, 0.15) is 54.6 Å². The van der Waals surface area contributed by atoms with Crippen molar-refractivity contribution >= 4 is 11.8 Å². The van der Waals surface area contributed by atoms with Crippen LogP contribution in [0, 0.1) is 12.8 Å². The molecule has 0 spiro atoms. The Bertz CT molecular complexity index is 517. The molecule has 2 fully saturated rings. The van der Waals surface area contributed by atoms with E-state index < -0.39 is 5.97 Å². The molecular formula is C15H23N3O2. The van der Waals surface area contributed by atoms with Crippen molar-refractivity contribution < 1.29 is 9.90 Å². The zero-order valence-electron chi connectivity index (χ0n) is 12.3. The quantitative estimate of drug-likeness (QED) is 0.922. The first-order chi connectivity index (χ1) is 9.59. The molecule has 1 saturated carbocycles. The van der Waals surface area contributed by atoms with E-state index in [2.05, 4.69) is 10.00 Å². The van der Waals surface area contributed by atoms with Gasteiger partial charge in [-0.25, -0.2) is 4.79 Å². The van der Waals surface area contributed by atoms with E-state index in [1.165, 1.54) is 32.1 Å². The van der Waals surface area contributed by atoms with Crippen LogP contribution in [0.2, 0.25) is 0 Å². The minimum Gasteiger partial charge on any atom is -0.477 e. The number of carbonyl (C=O) groups is 1. The molecule has 1 aromatic rings. The average molecular weight is 277 g/mol. The van der Waals surface area contributed by atoms with Crippen molar-refractivity contribution in [3.8, 4) is 0 Å². The number of aromatic nitrogens is 2. The monoisotopic (exact) mass is 277 g/mol. The standard InChI is InChI=1S/C15H23N3O2/c1-10-13(15(19)20)14(17(2)16-10)18-9-5-8-12(18)11-6-3-4-7-11/h11-12H,3-9H2,1-2H3,(H,19,20). The number of carboxylic acid groups (broad SMARTS) is 1. The highest BCUT2D eigenvalue weighted by Gasteiger charge is 2.37. The molecule has 2 aliphatic rings. The fourth-order valence-electron chi connectivity index (χ4n) is 4.11. The highest BCUT2D eigenvalue weighted by molar-refractivity contribution is 5.95. The molecule has 1 N–H and O–H groups in total. The molecule has 5 nitrogen and oxygen atoms in total. The lowest BCUT2D eigenvalue weighted by Crippen LogP contribution is -2.36. The van der Waals surface area contributed by atoms with Crippen molar-refractivity contribution in [3.05, 3.63) is 11.3 Å². The van der Waals surface area contributed by atoms with Crippen LogP contribution in [-0.4, -0.2) is 33.4 Å². The van der Waals surface area contributed by atoms with E-state index in [-0.39, 0.29) is 0 Å². The molecule has 1 saturated heterocycles. The summed E-state index contributed by atoms with van der Waals surface area (Å²) in [6.07, 6.45) is 7.58. The number of anilines is 1. The molecule has 5 heteroatoms. The maximum Gasteiger partial charge on any atom is 0.341 e. The predicted octanol–water partition coefficient (Wildman–Crippen LogP) is 2.59.